The molecule has 0 saturated carbocycles. The Morgan fingerprint density at radius 1 is 1.60 bits per heavy atom. The van der Waals surface area contributed by atoms with Gasteiger partial charge in [0.05, 0.1) is 6.54 Å². The Kier molecular flexibility index (Phi) is 5.79. The first-order valence-electron chi connectivity index (χ1n) is 5.51. The summed E-state index contributed by atoms with van der Waals surface area (Å²) in [6, 6.07) is 0. The van der Waals surface area contributed by atoms with Gasteiger partial charge in [-0.25, -0.2) is 4.98 Å². The summed E-state index contributed by atoms with van der Waals surface area (Å²) >= 11 is 1.92. The molecule has 4 heteroatoms. The third-order valence-electron chi connectivity index (χ3n) is 2.56. The zero-order chi connectivity index (χ0) is 11.1. The molecule has 0 fully saturated rings. The fraction of sp³-hybridized carbons (Fsp3) is 0.727. The summed E-state index contributed by atoms with van der Waals surface area (Å²) in [5, 5.41) is 4.17. The highest BCUT2D eigenvalue weighted by Gasteiger charge is 2.01. The van der Waals surface area contributed by atoms with E-state index in [1.54, 1.807) is 0 Å². The van der Waals surface area contributed by atoms with Crippen molar-refractivity contribution >= 4 is 11.8 Å². The number of nitrogens with zero attached hydrogens (tertiary/aromatic N) is 2. The van der Waals surface area contributed by atoms with E-state index in [4.69, 9.17) is 0 Å². The number of aryl methyl sites for hydroxylation is 1. The average Bonchev–Trinajstić information content (AvgIpc) is 2.71. The van der Waals surface area contributed by atoms with Gasteiger partial charge < -0.3 is 9.88 Å². The molecular formula is C11H21N3S. The molecule has 15 heavy (non-hydrogen) atoms. The third kappa shape index (κ3) is 4.26. The molecule has 0 saturated heterocycles. The van der Waals surface area contributed by atoms with Gasteiger partial charge in [0, 0.05) is 24.2 Å². The molecule has 1 N–H and O–H groups in total. The van der Waals surface area contributed by atoms with Crippen molar-refractivity contribution in [2.75, 3.05) is 12.8 Å². The van der Waals surface area contributed by atoms with E-state index in [9.17, 15) is 0 Å². The lowest BCUT2D eigenvalue weighted by molar-refractivity contribution is 0.596. The zero-order valence-electron chi connectivity index (χ0n) is 9.86. The van der Waals surface area contributed by atoms with Crippen molar-refractivity contribution < 1.29 is 0 Å². The van der Waals surface area contributed by atoms with Crippen LogP contribution in [0, 0.1) is 0 Å². The van der Waals surface area contributed by atoms with Crippen molar-refractivity contribution in [2.45, 2.75) is 38.6 Å². The summed E-state index contributed by atoms with van der Waals surface area (Å²) in [4.78, 5) is 4.32. The quantitative estimate of drug-likeness (QED) is 0.724. The number of rotatable bonds is 7. The number of nitrogens with one attached hydrogen (secondary N) is 1. The Morgan fingerprint density at radius 3 is 3.07 bits per heavy atom. The van der Waals surface area contributed by atoms with Crippen LogP contribution >= 0.6 is 11.8 Å². The van der Waals surface area contributed by atoms with E-state index < -0.39 is 0 Å². The highest BCUT2D eigenvalue weighted by Crippen LogP contribution is 2.08. The summed E-state index contributed by atoms with van der Waals surface area (Å²) in [6.07, 6.45) is 7.27. The van der Waals surface area contributed by atoms with Crippen molar-refractivity contribution in [1.82, 2.24) is 14.9 Å². The van der Waals surface area contributed by atoms with Gasteiger partial charge >= 0.3 is 0 Å². The molecule has 0 amide bonds. The molecule has 1 heterocycles. The lowest BCUT2D eigenvalue weighted by atomic mass is 10.3. The molecule has 1 aromatic rings. The smallest absolute Gasteiger partial charge is 0.122 e. The van der Waals surface area contributed by atoms with Crippen LogP contribution in [0.25, 0.3) is 0 Å². The van der Waals surface area contributed by atoms with Gasteiger partial charge in [-0.1, -0.05) is 6.92 Å². The highest BCUT2D eigenvalue weighted by atomic mass is 32.2. The minimum atomic E-state index is 0.739. The first-order chi connectivity index (χ1) is 7.27. The van der Waals surface area contributed by atoms with Gasteiger partial charge in [-0.15, -0.1) is 0 Å². The van der Waals surface area contributed by atoms with Gasteiger partial charge in [0.25, 0.3) is 0 Å². The average molecular weight is 227 g/mol. The van der Waals surface area contributed by atoms with Crippen molar-refractivity contribution in [3.63, 3.8) is 0 Å². The zero-order valence-corrected chi connectivity index (χ0v) is 10.7. The lowest BCUT2D eigenvalue weighted by Crippen LogP contribution is -2.20. The lowest BCUT2D eigenvalue weighted by Gasteiger charge is -2.09. The molecule has 0 spiro atoms. The Balaban J connectivity index is 2.20. The van der Waals surface area contributed by atoms with Crippen LogP contribution in [0.3, 0.4) is 0 Å². The molecule has 1 atom stereocenters. The highest BCUT2D eigenvalue weighted by molar-refractivity contribution is 7.99. The van der Waals surface area contributed by atoms with Crippen molar-refractivity contribution in [1.29, 1.82) is 0 Å². The molecular weight excluding hydrogens is 206 g/mol. The van der Waals surface area contributed by atoms with Crippen molar-refractivity contribution in [2.24, 2.45) is 0 Å². The number of hydrogen-bond donors (Lipinski definition) is 1. The van der Waals surface area contributed by atoms with Gasteiger partial charge in [-0.2, -0.15) is 11.8 Å². The molecule has 86 valence electrons. The van der Waals surface area contributed by atoms with Gasteiger partial charge in [-0.05, 0) is 26.1 Å². The maximum Gasteiger partial charge on any atom is 0.122 e. The predicted molar refractivity (Wildman–Crippen MR) is 67.2 cm³/mol. The second-order valence-corrected chi connectivity index (χ2v) is 4.92. The minimum Gasteiger partial charge on any atom is -0.334 e. The number of thioether (sulfide) groups is 1. The van der Waals surface area contributed by atoms with Crippen LogP contribution in [0.15, 0.2) is 12.4 Å². The normalized spacial score (nSPS) is 13.0. The second kappa shape index (κ2) is 6.90. The van der Waals surface area contributed by atoms with Crippen LogP contribution in [0.1, 0.15) is 26.1 Å². The molecule has 0 radical (unpaired) electrons. The van der Waals surface area contributed by atoms with Gasteiger partial charge in [0.1, 0.15) is 5.82 Å². The van der Waals surface area contributed by atoms with E-state index in [0.717, 1.165) is 30.7 Å². The molecule has 0 aliphatic heterocycles. The molecule has 1 unspecified atom stereocenters. The van der Waals surface area contributed by atoms with Crippen molar-refractivity contribution in [3.8, 4) is 0 Å². The maximum absolute atomic E-state index is 4.32. The molecule has 0 aromatic carbocycles. The molecule has 0 bridgehead atoms. The van der Waals surface area contributed by atoms with E-state index in [2.05, 4.69) is 35.0 Å². The van der Waals surface area contributed by atoms with Gasteiger partial charge in [0.15, 0.2) is 0 Å². The van der Waals surface area contributed by atoms with Gasteiger partial charge in [0.2, 0.25) is 0 Å². The second-order valence-electron chi connectivity index (χ2n) is 3.64. The van der Waals surface area contributed by atoms with E-state index in [0.29, 0.717) is 0 Å². The first-order valence-corrected chi connectivity index (χ1v) is 6.80. The number of aromatic nitrogens is 2. The standard InChI is InChI=1S/C11H21N3S/c1-4-14-8-7-13-11(14)9-12-6-5-10(2)15-3/h7-8,10,12H,4-6,9H2,1-3H3. The van der Waals surface area contributed by atoms with Crippen LogP contribution in [-0.4, -0.2) is 27.6 Å². The molecule has 0 aliphatic carbocycles. The number of hydrogen-bond acceptors (Lipinski definition) is 3. The van der Waals surface area contributed by atoms with Crippen LogP contribution in [-0.2, 0) is 13.1 Å². The van der Waals surface area contributed by atoms with E-state index >= 15 is 0 Å². The summed E-state index contributed by atoms with van der Waals surface area (Å²) in [7, 11) is 0. The third-order valence-corrected chi connectivity index (χ3v) is 3.60. The molecule has 0 aliphatic rings. The first kappa shape index (κ1) is 12.6. The Bertz CT molecular complexity index is 273. The van der Waals surface area contributed by atoms with E-state index in [1.807, 2.05) is 24.2 Å². The van der Waals surface area contributed by atoms with Gasteiger partial charge in [-0.3, -0.25) is 0 Å². The fourth-order valence-corrected chi connectivity index (χ4v) is 1.77. The van der Waals surface area contributed by atoms with Crippen LogP contribution in [0.5, 0.6) is 0 Å². The fourth-order valence-electron chi connectivity index (χ4n) is 1.42. The molecule has 1 rings (SSSR count). The van der Waals surface area contributed by atoms with E-state index in [-0.39, 0.29) is 0 Å². The van der Waals surface area contributed by atoms with Crippen LogP contribution < -0.4 is 5.32 Å². The van der Waals surface area contributed by atoms with Crippen molar-refractivity contribution in [3.05, 3.63) is 18.2 Å². The Labute approximate surface area is 96.7 Å². The minimum absolute atomic E-state index is 0.739. The van der Waals surface area contributed by atoms with E-state index in [1.165, 1.54) is 6.42 Å². The Morgan fingerprint density at radius 2 is 2.40 bits per heavy atom. The summed E-state index contributed by atoms with van der Waals surface area (Å²) in [6.45, 7) is 7.35. The molecule has 3 nitrogen and oxygen atoms in total. The monoisotopic (exact) mass is 227 g/mol. The maximum atomic E-state index is 4.32. The summed E-state index contributed by atoms with van der Waals surface area (Å²) < 4.78 is 2.17. The van der Waals surface area contributed by atoms with Crippen LogP contribution in [0.2, 0.25) is 0 Å². The largest absolute Gasteiger partial charge is 0.334 e. The Hall–Kier alpha value is -0.480. The number of imidazole rings is 1. The predicted octanol–water partition coefficient (Wildman–Crippen LogP) is 2.13. The summed E-state index contributed by atoms with van der Waals surface area (Å²) in [5.41, 5.74) is 0. The SMILES string of the molecule is CCn1ccnc1CNCCC(C)SC. The summed E-state index contributed by atoms with van der Waals surface area (Å²) in [5.74, 6) is 1.13. The topological polar surface area (TPSA) is 29.9 Å². The molecule has 1 aromatic heterocycles. The van der Waals surface area contributed by atoms with Crippen LogP contribution in [0.4, 0.5) is 0 Å².